The SMILES string of the molecule is NCCOc1cc(-c2cccc(NS(=O)(=O)CCCF)c2F)cc2c(N3CCOCC3)nc(-c3ccc(N)nc3)nc12. The molecule has 0 saturated carbocycles. The van der Waals surface area contributed by atoms with Crippen LogP contribution in [0, 0.1) is 5.82 Å². The van der Waals surface area contributed by atoms with Crippen LogP contribution in [0.4, 0.5) is 26.1 Å². The van der Waals surface area contributed by atoms with Crippen LogP contribution in [-0.4, -0.2) is 75.3 Å². The van der Waals surface area contributed by atoms with Crippen LogP contribution in [0.25, 0.3) is 33.4 Å². The fourth-order valence-electron chi connectivity index (χ4n) is 4.60. The summed E-state index contributed by atoms with van der Waals surface area (Å²) in [5.74, 6) is 0.452. The summed E-state index contributed by atoms with van der Waals surface area (Å²) in [6.07, 6.45) is 1.39. The fourth-order valence-corrected chi connectivity index (χ4v) is 5.68. The Hall–Kier alpha value is -4.14. The van der Waals surface area contributed by atoms with Crippen molar-refractivity contribution in [1.29, 1.82) is 0 Å². The molecule has 4 aromatic rings. The average molecular weight is 600 g/mol. The van der Waals surface area contributed by atoms with Gasteiger partial charge in [-0.2, -0.15) is 0 Å². The largest absolute Gasteiger partial charge is 0.490 e. The van der Waals surface area contributed by atoms with Gasteiger partial charge < -0.3 is 25.8 Å². The molecule has 3 heterocycles. The van der Waals surface area contributed by atoms with Gasteiger partial charge >= 0.3 is 0 Å². The van der Waals surface area contributed by atoms with Gasteiger partial charge in [0.25, 0.3) is 0 Å². The van der Waals surface area contributed by atoms with Crippen molar-refractivity contribution in [1.82, 2.24) is 15.0 Å². The Bertz CT molecular complexity index is 1670. The Labute approximate surface area is 241 Å². The number of fused-ring (bicyclic) bond motifs is 1. The van der Waals surface area contributed by atoms with E-state index in [2.05, 4.69) is 14.6 Å². The highest BCUT2D eigenvalue weighted by Gasteiger charge is 2.23. The van der Waals surface area contributed by atoms with Crippen LogP contribution in [0.5, 0.6) is 5.75 Å². The van der Waals surface area contributed by atoms with E-state index in [1.807, 2.05) is 0 Å². The summed E-state index contributed by atoms with van der Waals surface area (Å²) >= 11 is 0. The number of nitrogens with one attached hydrogen (secondary N) is 1. The maximum absolute atomic E-state index is 15.8. The Balaban J connectivity index is 1.69. The minimum Gasteiger partial charge on any atom is -0.490 e. The Morgan fingerprint density at radius 3 is 2.62 bits per heavy atom. The van der Waals surface area contributed by atoms with Crippen molar-refractivity contribution >= 4 is 38.2 Å². The van der Waals surface area contributed by atoms with Crippen LogP contribution in [0.15, 0.2) is 48.7 Å². The van der Waals surface area contributed by atoms with Crippen molar-refractivity contribution in [2.45, 2.75) is 6.42 Å². The van der Waals surface area contributed by atoms with Gasteiger partial charge in [-0.15, -0.1) is 0 Å². The van der Waals surface area contributed by atoms with Gasteiger partial charge in [0.05, 0.1) is 31.3 Å². The lowest BCUT2D eigenvalue weighted by atomic mass is 10.0. The minimum absolute atomic E-state index is 0.125. The lowest BCUT2D eigenvalue weighted by Crippen LogP contribution is -2.37. The molecule has 0 bridgehead atoms. The molecule has 42 heavy (non-hydrogen) atoms. The first kappa shape index (κ1) is 29.4. The van der Waals surface area contributed by atoms with E-state index in [4.69, 9.17) is 30.9 Å². The maximum Gasteiger partial charge on any atom is 0.232 e. The predicted molar refractivity (Wildman–Crippen MR) is 158 cm³/mol. The maximum atomic E-state index is 15.8. The van der Waals surface area contributed by atoms with Gasteiger partial charge in [-0.25, -0.2) is 27.8 Å². The molecule has 1 saturated heterocycles. The van der Waals surface area contributed by atoms with Crippen molar-refractivity contribution in [2.24, 2.45) is 5.73 Å². The highest BCUT2D eigenvalue weighted by molar-refractivity contribution is 7.92. The number of nitrogen functional groups attached to an aromatic ring is 1. The number of alkyl halides is 1. The van der Waals surface area contributed by atoms with E-state index in [9.17, 15) is 12.8 Å². The first-order valence-electron chi connectivity index (χ1n) is 13.4. The zero-order chi connectivity index (χ0) is 29.7. The molecule has 0 atom stereocenters. The molecule has 5 rings (SSSR count). The zero-order valence-corrected chi connectivity index (χ0v) is 23.5. The zero-order valence-electron chi connectivity index (χ0n) is 22.7. The third-order valence-electron chi connectivity index (χ3n) is 6.60. The van der Waals surface area contributed by atoms with Gasteiger partial charge in [0.1, 0.15) is 29.5 Å². The number of pyridine rings is 1. The number of halogens is 2. The summed E-state index contributed by atoms with van der Waals surface area (Å²) in [5, 5.41) is 0.599. The Kier molecular flexibility index (Phi) is 8.94. The third-order valence-corrected chi connectivity index (χ3v) is 7.95. The number of nitrogens with zero attached hydrogens (tertiary/aromatic N) is 4. The highest BCUT2D eigenvalue weighted by atomic mass is 32.2. The van der Waals surface area contributed by atoms with E-state index >= 15 is 4.39 Å². The topological polar surface area (TPSA) is 159 Å². The molecule has 1 fully saturated rings. The lowest BCUT2D eigenvalue weighted by molar-refractivity contribution is 0.122. The molecule has 222 valence electrons. The molecule has 0 spiro atoms. The quantitative estimate of drug-likeness (QED) is 0.233. The number of sulfonamides is 1. The third kappa shape index (κ3) is 6.50. The first-order chi connectivity index (χ1) is 20.3. The van der Waals surface area contributed by atoms with Crippen molar-refractivity contribution in [3.63, 3.8) is 0 Å². The highest BCUT2D eigenvalue weighted by Crippen LogP contribution is 2.39. The summed E-state index contributed by atoms with van der Waals surface area (Å²) in [7, 11) is -3.95. The predicted octanol–water partition coefficient (Wildman–Crippen LogP) is 3.36. The summed E-state index contributed by atoms with van der Waals surface area (Å²) in [6, 6.07) is 11.2. The molecule has 0 aliphatic carbocycles. The van der Waals surface area contributed by atoms with Gasteiger partial charge in [-0.3, -0.25) is 9.11 Å². The monoisotopic (exact) mass is 599 g/mol. The van der Waals surface area contributed by atoms with E-state index in [0.717, 1.165) is 0 Å². The molecular formula is C28H31F2N7O4S. The number of morpholine rings is 1. The first-order valence-corrected chi connectivity index (χ1v) is 15.0. The van der Waals surface area contributed by atoms with Crippen LogP contribution in [-0.2, 0) is 14.8 Å². The molecule has 2 aromatic carbocycles. The van der Waals surface area contributed by atoms with Crippen LogP contribution in [0.3, 0.4) is 0 Å². The molecule has 1 aliphatic rings. The van der Waals surface area contributed by atoms with Crippen molar-refractivity contribution in [3.8, 4) is 28.3 Å². The molecule has 0 unspecified atom stereocenters. The molecule has 1 aliphatic heterocycles. The van der Waals surface area contributed by atoms with E-state index in [1.54, 1.807) is 30.5 Å². The number of aromatic nitrogens is 3. The Morgan fingerprint density at radius 1 is 1.10 bits per heavy atom. The number of ether oxygens (including phenoxy) is 2. The Morgan fingerprint density at radius 2 is 1.90 bits per heavy atom. The molecular weight excluding hydrogens is 568 g/mol. The van der Waals surface area contributed by atoms with Crippen molar-refractivity contribution < 1.29 is 26.7 Å². The van der Waals surface area contributed by atoms with E-state index < -0.39 is 28.3 Å². The van der Waals surface area contributed by atoms with Crippen LogP contribution < -0.4 is 25.8 Å². The van der Waals surface area contributed by atoms with E-state index in [1.165, 1.54) is 18.2 Å². The molecule has 14 heteroatoms. The molecule has 2 aromatic heterocycles. The van der Waals surface area contributed by atoms with Gasteiger partial charge in [0.2, 0.25) is 10.0 Å². The van der Waals surface area contributed by atoms with Crippen molar-refractivity contribution in [2.75, 3.05) is 67.2 Å². The molecule has 11 nitrogen and oxygen atoms in total. The number of rotatable bonds is 11. The fraction of sp³-hybridized carbons (Fsp3) is 0.321. The summed E-state index contributed by atoms with van der Waals surface area (Å²) in [6.45, 7) is 1.74. The molecule has 5 N–H and O–H groups in total. The number of hydrogen-bond acceptors (Lipinski definition) is 10. The van der Waals surface area contributed by atoms with E-state index in [0.29, 0.717) is 71.5 Å². The van der Waals surface area contributed by atoms with Crippen molar-refractivity contribution in [3.05, 3.63) is 54.5 Å². The smallest absolute Gasteiger partial charge is 0.232 e. The van der Waals surface area contributed by atoms with Crippen LogP contribution >= 0.6 is 0 Å². The summed E-state index contributed by atoms with van der Waals surface area (Å²) in [5.41, 5.74) is 12.9. The second-order valence-electron chi connectivity index (χ2n) is 9.58. The molecule has 0 amide bonds. The van der Waals surface area contributed by atoms with Crippen LogP contribution in [0.1, 0.15) is 6.42 Å². The molecule has 0 radical (unpaired) electrons. The second-order valence-corrected chi connectivity index (χ2v) is 11.4. The minimum atomic E-state index is -3.95. The number of benzene rings is 2. The van der Waals surface area contributed by atoms with Gasteiger partial charge in [-0.05, 0) is 42.3 Å². The standard InChI is InChI=1S/C28H31F2N7O4S/c29-7-2-14-42(38,39)36-22-4-1-3-20(25(22)30)19-15-21-26(23(16-19)41-11-8-31)34-27(18-5-6-24(32)33-17-18)35-28(21)37-9-12-40-13-10-37/h1,3-6,15-17,36H,2,7-14,31H2,(H2,32,33). The average Bonchev–Trinajstić information content (AvgIpc) is 3.00. The number of hydrogen-bond donors (Lipinski definition) is 3. The number of nitrogens with two attached hydrogens (primary N) is 2. The van der Waals surface area contributed by atoms with Gasteiger partial charge in [0.15, 0.2) is 11.6 Å². The summed E-state index contributed by atoms with van der Waals surface area (Å²) < 4.78 is 66.9. The van der Waals surface area contributed by atoms with Gasteiger partial charge in [0, 0.05) is 42.3 Å². The van der Waals surface area contributed by atoms with Gasteiger partial charge in [-0.1, -0.05) is 12.1 Å². The normalized spacial score (nSPS) is 13.8. The lowest BCUT2D eigenvalue weighted by Gasteiger charge is -2.29. The number of anilines is 3. The second kappa shape index (κ2) is 12.8. The van der Waals surface area contributed by atoms with E-state index in [-0.39, 0.29) is 30.8 Å². The van der Waals surface area contributed by atoms with Crippen LogP contribution in [0.2, 0.25) is 0 Å². The summed E-state index contributed by atoms with van der Waals surface area (Å²) in [4.78, 5) is 15.9.